The van der Waals surface area contributed by atoms with Crippen LogP contribution >= 0.6 is 23.4 Å². The van der Waals surface area contributed by atoms with Crippen molar-refractivity contribution in [3.8, 4) is 0 Å². The Morgan fingerprint density at radius 3 is 2.32 bits per heavy atom. The highest BCUT2D eigenvalue weighted by Gasteiger charge is 2.00. The lowest BCUT2D eigenvalue weighted by Crippen LogP contribution is -2.12. The topological polar surface area (TPSA) is 12.0 Å². The summed E-state index contributed by atoms with van der Waals surface area (Å²) in [6.45, 7) is 1.45. The molecular weight excluding hydrogens is 281 g/mol. The van der Waals surface area contributed by atoms with Crippen LogP contribution in [0.25, 0.3) is 0 Å². The summed E-state index contributed by atoms with van der Waals surface area (Å²) in [7, 11) is 0. The van der Waals surface area contributed by atoms with E-state index >= 15 is 0 Å². The second-order valence-corrected chi connectivity index (χ2v) is 5.49. The van der Waals surface area contributed by atoms with Crippen molar-refractivity contribution in [2.75, 3.05) is 6.26 Å². The normalized spacial score (nSPS) is 10.7. The van der Waals surface area contributed by atoms with Gasteiger partial charge in [-0.3, -0.25) is 0 Å². The number of halogens is 2. The maximum atomic E-state index is 13.0. The maximum absolute atomic E-state index is 13.0. The highest BCUT2D eigenvalue weighted by atomic mass is 35.5. The van der Waals surface area contributed by atoms with Gasteiger partial charge in [0.1, 0.15) is 5.82 Å². The van der Waals surface area contributed by atoms with E-state index in [0.717, 1.165) is 12.1 Å². The summed E-state index contributed by atoms with van der Waals surface area (Å²) in [5.41, 5.74) is 2.21. The monoisotopic (exact) mass is 295 g/mol. The van der Waals surface area contributed by atoms with Gasteiger partial charge >= 0.3 is 0 Å². The molecule has 1 nitrogen and oxygen atoms in total. The van der Waals surface area contributed by atoms with Crippen LogP contribution in [0.5, 0.6) is 0 Å². The lowest BCUT2D eigenvalue weighted by Gasteiger charge is -2.06. The minimum atomic E-state index is -0.377. The molecule has 0 unspecified atom stereocenters. The fourth-order valence-corrected chi connectivity index (χ4v) is 2.36. The molecule has 0 aromatic heterocycles. The summed E-state index contributed by atoms with van der Waals surface area (Å²) >= 11 is 7.47. The average Bonchev–Trinajstić information content (AvgIpc) is 2.43. The molecule has 1 N–H and O–H groups in total. The van der Waals surface area contributed by atoms with E-state index < -0.39 is 0 Å². The van der Waals surface area contributed by atoms with E-state index in [4.69, 9.17) is 11.6 Å². The van der Waals surface area contributed by atoms with Gasteiger partial charge in [0.25, 0.3) is 0 Å². The molecule has 0 spiro atoms. The molecule has 2 aromatic carbocycles. The van der Waals surface area contributed by atoms with Gasteiger partial charge in [0.05, 0.1) is 5.02 Å². The molecule has 0 aliphatic rings. The molecule has 0 radical (unpaired) electrons. The minimum Gasteiger partial charge on any atom is -0.309 e. The first-order chi connectivity index (χ1) is 9.19. The van der Waals surface area contributed by atoms with Crippen molar-refractivity contribution >= 4 is 23.4 Å². The number of hydrogen-bond acceptors (Lipinski definition) is 2. The molecule has 100 valence electrons. The molecule has 19 heavy (non-hydrogen) atoms. The van der Waals surface area contributed by atoms with Gasteiger partial charge in [0.15, 0.2) is 0 Å². The third-order valence-electron chi connectivity index (χ3n) is 2.80. The zero-order valence-corrected chi connectivity index (χ0v) is 12.2. The van der Waals surface area contributed by atoms with Crippen molar-refractivity contribution in [2.24, 2.45) is 0 Å². The number of benzene rings is 2. The summed E-state index contributed by atoms with van der Waals surface area (Å²) in [5, 5.41) is 3.48. The highest BCUT2D eigenvalue weighted by Crippen LogP contribution is 2.16. The van der Waals surface area contributed by atoms with E-state index in [1.807, 2.05) is 0 Å². The summed E-state index contributed by atoms with van der Waals surface area (Å²) in [5.74, 6) is -0.377. The molecule has 0 amide bonds. The van der Waals surface area contributed by atoms with Crippen LogP contribution in [-0.4, -0.2) is 6.26 Å². The zero-order valence-electron chi connectivity index (χ0n) is 10.6. The fourth-order valence-electron chi connectivity index (χ4n) is 1.74. The Bertz CT molecular complexity index is 542. The van der Waals surface area contributed by atoms with Crippen molar-refractivity contribution < 1.29 is 4.39 Å². The highest BCUT2D eigenvalue weighted by molar-refractivity contribution is 7.98. The molecule has 0 heterocycles. The van der Waals surface area contributed by atoms with Gasteiger partial charge in [0.2, 0.25) is 0 Å². The van der Waals surface area contributed by atoms with Crippen LogP contribution in [0.4, 0.5) is 4.39 Å². The van der Waals surface area contributed by atoms with E-state index in [1.165, 1.54) is 16.5 Å². The van der Waals surface area contributed by atoms with Crippen LogP contribution in [0.3, 0.4) is 0 Å². The van der Waals surface area contributed by atoms with E-state index in [1.54, 1.807) is 23.9 Å². The SMILES string of the molecule is CSc1ccc(CNCc2ccc(F)c(Cl)c2)cc1. The lowest BCUT2D eigenvalue weighted by atomic mass is 10.2. The Kier molecular flexibility index (Phi) is 5.25. The quantitative estimate of drug-likeness (QED) is 0.816. The van der Waals surface area contributed by atoms with E-state index in [0.29, 0.717) is 6.54 Å². The average molecular weight is 296 g/mol. The maximum Gasteiger partial charge on any atom is 0.141 e. The molecule has 0 atom stereocenters. The molecule has 0 fully saturated rings. The Hall–Kier alpha value is -1.03. The molecule has 0 saturated heterocycles. The largest absolute Gasteiger partial charge is 0.309 e. The number of hydrogen-bond donors (Lipinski definition) is 1. The molecule has 4 heteroatoms. The number of rotatable bonds is 5. The Morgan fingerprint density at radius 2 is 1.68 bits per heavy atom. The summed E-state index contributed by atoms with van der Waals surface area (Å²) < 4.78 is 13.0. The smallest absolute Gasteiger partial charge is 0.141 e. The summed E-state index contributed by atoms with van der Waals surface area (Å²) in [6, 6.07) is 13.2. The molecule has 0 aliphatic heterocycles. The minimum absolute atomic E-state index is 0.170. The van der Waals surface area contributed by atoms with Crippen LogP contribution in [0.15, 0.2) is 47.4 Å². The second-order valence-electron chi connectivity index (χ2n) is 4.20. The Labute approximate surface area is 122 Å². The number of nitrogens with one attached hydrogen (secondary N) is 1. The first kappa shape index (κ1) is 14.4. The standard InChI is InChI=1S/C15H15ClFNS/c1-19-13-5-2-11(3-6-13)9-18-10-12-4-7-15(17)14(16)8-12/h2-8,18H,9-10H2,1H3. The van der Waals surface area contributed by atoms with Crippen LogP contribution in [0.2, 0.25) is 5.02 Å². The van der Waals surface area contributed by atoms with Gasteiger partial charge in [-0.15, -0.1) is 11.8 Å². The molecular formula is C15H15ClFNS. The van der Waals surface area contributed by atoms with Gasteiger partial charge in [-0.05, 0) is 41.6 Å². The zero-order chi connectivity index (χ0) is 13.7. The van der Waals surface area contributed by atoms with E-state index in [-0.39, 0.29) is 10.8 Å². The third kappa shape index (κ3) is 4.23. The van der Waals surface area contributed by atoms with E-state index in [9.17, 15) is 4.39 Å². The second kappa shape index (κ2) is 6.94. The summed E-state index contributed by atoms with van der Waals surface area (Å²) in [4.78, 5) is 1.26. The number of thioether (sulfide) groups is 1. The predicted molar refractivity (Wildman–Crippen MR) is 80.2 cm³/mol. The van der Waals surface area contributed by atoms with Crippen molar-refractivity contribution in [3.05, 3.63) is 64.4 Å². The Morgan fingerprint density at radius 1 is 1.05 bits per heavy atom. The van der Waals surface area contributed by atoms with Crippen molar-refractivity contribution in [1.29, 1.82) is 0 Å². The van der Waals surface area contributed by atoms with Crippen LogP contribution in [-0.2, 0) is 13.1 Å². The third-order valence-corrected chi connectivity index (χ3v) is 3.83. The first-order valence-corrected chi connectivity index (χ1v) is 7.57. The van der Waals surface area contributed by atoms with Gasteiger partial charge in [0, 0.05) is 18.0 Å². The molecule has 0 saturated carbocycles. The van der Waals surface area contributed by atoms with Crippen LogP contribution < -0.4 is 5.32 Å². The van der Waals surface area contributed by atoms with Crippen LogP contribution in [0.1, 0.15) is 11.1 Å². The van der Waals surface area contributed by atoms with Gasteiger partial charge in [-0.2, -0.15) is 0 Å². The predicted octanol–water partition coefficient (Wildman–Crippen LogP) is 4.49. The first-order valence-electron chi connectivity index (χ1n) is 5.96. The van der Waals surface area contributed by atoms with Gasteiger partial charge < -0.3 is 5.32 Å². The van der Waals surface area contributed by atoms with Crippen molar-refractivity contribution in [1.82, 2.24) is 5.32 Å². The molecule has 0 aliphatic carbocycles. The molecule has 2 aromatic rings. The van der Waals surface area contributed by atoms with Crippen molar-refractivity contribution in [2.45, 2.75) is 18.0 Å². The molecule has 2 rings (SSSR count). The fraction of sp³-hybridized carbons (Fsp3) is 0.200. The van der Waals surface area contributed by atoms with E-state index in [2.05, 4.69) is 35.8 Å². The lowest BCUT2D eigenvalue weighted by molar-refractivity contribution is 0.625. The Balaban J connectivity index is 1.86. The van der Waals surface area contributed by atoms with Crippen molar-refractivity contribution in [3.63, 3.8) is 0 Å². The van der Waals surface area contributed by atoms with Crippen LogP contribution in [0, 0.1) is 5.82 Å². The molecule has 0 bridgehead atoms. The van der Waals surface area contributed by atoms with Gasteiger partial charge in [-0.1, -0.05) is 29.8 Å². The summed E-state index contributed by atoms with van der Waals surface area (Å²) in [6.07, 6.45) is 2.06. The van der Waals surface area contributed by atoms with Gasteiger partial charge in [-0.25, -0.2) is 4.39 Å².